The fraction of sp³-hybridized carbons (Fsp3) is 0.208. The van der Waals surface area contributed by atoms with E-state index in [0.29, 0.717) is 0 Å². The Kier molecular flexibility index (Phi) is 7.27. The van der Waals surface area contributed by atoms with Gasteiger partial charge in [0.25, 0.3) is 0 Å². The molecular formula is C48H45B. The summed E-state index contributed by atoms with van der Waals surface area (Å²) < 4.78 is 0. The summed E-state index contributed by atoms with van der Waals surface area (Å²) in [5.41, 5.74) is 16.3. The molecule has 0 bridgehead atoms. The van der Waals surface area contributed by atoms with Gasteiger partial charge in [0, 0.05) is 0 Å². The molecule has 0 spiro atoms. The van der Waals surface area contributed by atoms with Gasteiger partial charge in [-0.25, -0.2) is 0 Å². The van der Waals surface area contributed by atoms with Crippen LogP contribution in [-0.4, -0.2) is 6.71 Å². The van der Waals surface area contributed by atoms with Gasteiger partial charge in [-0.2, -0.15) is 0 Å². The van der Waals surface area contributed by atoms with Gasteiger partial charge in [0.05, 0.1) is 0 Å². The predicted molar refractivity (Wildman–Crippen MR) is 218 cm³/mol. The molecule has 240 valence electrons. The lowest BCUT2D eigenvalue weighted by atomic mass is 9.33. The Morgan fingerprint density at radius 3 is 1.51 bits per heavy atom. The largest absolute Gasteiger partial charge is 0.243 e. The van der Waals surface area contributed by atoms with E-state index in [9.17, 15) is 0 Å². The molecule has 0 aliphatic heterocycles. The minimum absolute atomic E-state index is 0.0674. The maximum absolute atomic E-state index is 2.55. The van der Waals surface area contributed by atoms with Crippen molar-refractivity contribution in [1.29, 1.82) is 0 Å². The summed E-state index contributed by atoms with van der Waals surface area (Å²) in [5, 5.41) is 10.6. The van der Waals surface area contributed by atoms with E-state index >= 15 is 0 Å². The molecule has 0 saturated carbocycles. The van der Waals surface area contributed by atoms with Crippen LogP contribution in [-0.2, 0) is 5.41 Å². The van der Waals surface area contributed by atoms with Crippen molar-refractivity contribution < 1.29 is 0 Å². The number of aryl methyl sites for hydroxylation is 6. The highest BCUT2D eigenvalue weighted by Crippen LogP contribution is 2.41. The fourth-order valence-corrected chi connectivity index (χ4v) is 8.96. The predicted octanol–water partition coefficient (Wildman–Crippen LogP) is 11.1. The lowest BCUT2D eigenvalue weighted by molar-refractivity contribution is 0.591. The van der Waals surface area contributed by atoms with E-state index in [2.05, 4.69) is 172 Å². The van der Waals surface area contributed by atoms with Crippen LogP contribution < -0.4 is 16.4 Å². The highest BCUT2D eigenvalue weighted by molar-refractivity contribution is 6.98. The zero-order valence-corrected chi connectivity index (χ0v) is 30.5. The van der Waals surface area contributed by atoms with Crippen molar-refractivity contribution >= 4 is 66.2 Å². The van der Waals surface area contributed by atoms with E-state index in [1.165, 1.54) is 110 Å². The van der Waals surface area contributed by atoms with Gasteiger partial charge in [-0.3, -0.25) is 0 Å². The van der Waals surface area contributed by atoms with Crippen molar-refractivity contribution in [1.82, 2.24) is 0 Å². The van der Waals surface area contributed by atoms with Crippen molar-refractivity contribution in [2.24, 2.45) is 0 Å². The molecule has 0 aliphatic carbocycles. The Hall–Kier alpha value is -4.88. The molecule has 0 N–H and O–H groups in total. The Morgan fingerprint density at radius 2 is 0.959 bits per heavy atom. The summed E-state index contributed by atoms with van der Waals surface area (Å²) >= 11 is 0. The van der Waals surface area contributed by atoms with Gasteiger partial charge in [0.2, 0.25) is 6.71 Å². The number of hydrogen-bond donors (Lipinski definition) is 0. The van der Waals surface area contributed by atoms with Crippen LogP contribution in [0.3, 0.4) is 0 Å². The van der Waals surface area contributed by atoms with Crippen molar-refractivity contribution in [3.05, 3.63) is 148 Å². The van der Waals surface area contributed by atoms with Gasteiger partial charge < -0.3 is 0 Å². The number of benzene rings is 8. The van der Waals surface area contributed by atoms with Gasteiger partial charge >= 0.3 is 0 Å². The van der Waals surface area contributed by atoms with Crippen LogP contribution in [0.15, 0.2) is 109 Å². The summed E-state index contributed by atoms with van der Waals surface area (Å²) in [7, 11) is 0. The third-order valence-corrected chi connectivity index (χ3v) is 11.0. The van der Waals surface area contributed by atoms with Crippen LogP contribution in [0.25, 0.3) is 54.2 Å². The van der Waals surface area contributed by atoms with Crippen LogP contribution in [0.1, 0.15) is 59.7 Å². The number of hydrogen-bond acceptors (Lipinski definition) is 0. The standard InChI is InChI=1S/C48H45B/c1-28-20-30(3)46(31(4)21-28)49(47-32(5)22-29(2)23-33(47)6)43-27-42(36-15-14-34-12-10-11-13-35(34)24-36)40-18-16-37-25-39(48(7,8)9)26-38-17-19-41(43)45(40)44(37)38/h10-27H,1-9H3. The molecule has 8 rings (SSSR count). The first-order chi connectivity index (χ1) is 23.4. The molecule has 0 amide bonds. The van der Waals surface area contributed by atoms with E-state index in [1.807, 2.05) is 0 Å². The van der Waals surface area contributed by atoms with E-state index in [1.54, 1.807) is 0 Å². The zero-order chi connectivity index (χ0) is 34.4. The van der Waals surface area contributed by atoms with Gasteiger partial charge in [-0.05, 0) is 113 Å². The average molecular weight is 633 g/mol. The zero-order valence-electron chi connectivity index (χ0n) is 30.5. The maximum atomic E-state index is 2.55. The molecule has 0 saturated heterocycles. The molecule has 0 radical (unpaired) electrons. The molecule has 8 aromatic carbocycles. The molecule has 0 unspecified atom stereocenters. The van der Waals surface area contributed by atoms with Gasteiger partial charge in [0.1, 0.15) is 0 Å². The van der Waals surface area contributed by atoms with Crippen molar-refractivity contribution in [2.75, 3.05) is 0 Å². The fourth-order valence-electron chi connectivity index (χ4n) is 8.96. The molecule has 0 aliphatic rings. The summed E-state index contributed by atoms with van der Waals surface area (Å²) in [4.78, 5) is 0. The van der Waals surface area contributed by atoms with Crippen molar-refractivity contribution in [2.45, 2.75) is 67.7 Å². The van der Waals surface area contributed by atoms with Gasteiger partial charge in [0.15, 0.2) is 0 Å². The van der Waals surface area contributed by atoms with Crippen LogP contribution >= 0.6 is 0 Å². The molecule has 0 aromatic heterocycles. The first kappa shape index (κ1) is 31.4. The minimum Gasteiger partial charge on any atom is -0.0629 e. The summed E-state index contributed by atoms with van der Waals surface area (Å²) in [6.45, 7) is 20.7. The Bertz CT molecular complexity index is 2470. The quantitative estimate of drug-likeness (QED) is 0.134. The normalized spacial score (nSPS) is 12.2. The first-order valence-electron chi connectivity index (χ1n) is 17.8. The highest BCUT2D eigenvalue weighted by Gasteiger charge is 2.31. The van der Waals surface area contributed by atoms with E-state index < -0.39 is 0 Å². The third kappa shape index (κ3) is 5.14. The summed E-state index contributed by atoms with van der Waals surface area (Å²) in [5.74, 6) is 0. The molecule has 0 fully saturated rings. The monoisotopic (exact) mass is 632 g/mol. The Labute approximate surface area is 292 Å². The molecule has 0 heterocycles. The number of rotatable bonds is 4. The Balaban J connectivity index is 1.56. The second-order valence-electron chi connectivity index (χ2n) is 15.8. The summed E-state index contributed by atoms with van der Waals surface area (Å²) in [6, 6.07) is 42.2. The Morgan fingerprint density at radius 1 is 0.449 bits per heavy atom. The topological polar surface area (TPSA) is 0 Å². The van der Waals surface area contributed by atoms with Crippen LogP contribution in [0.2, 0.25) is 0 Å². The molecular weight excluding hydrogens is 587 g/mol. The van der Waals surface area contributed by atoms with Gasteiger partial charge in [-0.15, -0.1) is 0 Å². The maximum Gasteiger partial charge on any atom is 0.243 e. The smallest absolute Gasteiger partial charge is 0.0629 e. The molecule has 49 heavy (non-hydrogen) atoms. The molecule has 0 atom stereocenters. The molecule has 8 aromatic rings. The molecule has 0 nitrogen and oxygen atoms in total. The van der Waals surface area contributed by atoms with Crippen molar-refractivity contribution in [3.8, 4) is 11.1 Å². The van der Waals surface area contributed by atoms with E-state index in [4.69, 9.17) is 0 Å². The van der Waals surface area contributed by atoms with Crippen LogP contribution in [0, 0.1) is 41.5 Å². The SMILES string of the molecule is Cc1cc(C)c(B(c2c(C)cc(C)cc2C)c2cc(-c3ccc4ccccc4c3)c3ccc4cc(C(C)(C)C)cc5ccc2c3c54)c(C)c1. The van der Waals surface area contributed by atoms with Crippen LogP contribution in [0.5, 0.6) is 0 Å². The average Bonchev–Trinajstić information content (AvgIpc) is 3.04. The lowest BCUT2D eigenvalue weighted by Crippen LogP contribution is -2.56. The van der Waals surface area contributed by atoms with Crippen molar-refractivity contribution in [3.63, 3.8) is 0 Å². The second-order valence-corrected chi connectivity index (χ2v) is 15.8. The van der Waals surface area contributed by atoms with Crippen LogP contribution in [0.4, 0.5) is 0 Å². The first-order valence-corrected chi connectivity index (χ1v) is 17.8. The third-order valence-electron chi connectivity index (χ3n) is 11.0. The number of fused-ring (bicyclic) bond motifs is 1. The van der Waals surface area contributed by atoms with E-state index in [-0.39, 0.29) is 12.1 Å². The van der Waals surface area contributed by atoms with Gasteiger partial charge in [-0.1, -0.05) is 174 Å². The van der Waals surface area contributed by atoms with E-state index in [0.717, 1.165) is 0 Å². The minimum atomic E-state index is 0.0674. The summed E-state index contributed by atoms with van der Waals surface area (Å²) in [6.07, 6.45) is 0. The second kappa shape index (κ2) is 11.3. The molecule has 1 heteroatoms. The highest BCUT2D eigenvalue weighted by atomic mass is 14.2. The lowest BCUT2D eigenvalue weighted by Gasteiger charge is -2.28.